The van der Waals surface area contributed by atoms with Crippen molar-refractivity contribution in [3.05, 3.63) is 110 Å². The summed E-state index contributed by atoms with van der Waals surface area (Å²) in [6.45, 7) is 1.92. The third-order valence-electron chi connectivity index (χ3n) is 5.81. The molecule has 0 saturated carbocycles. The topological polar surface area (TPSA) is 130 Å². The number of carboxylic acid groups (broad SMARTS) is 1. The number of carbonyl (C=O) groups is 2. The van der Waals surface area contributed by atoms with Crippen LogP contribution in [0, 0.1) is 0 Å². The van der Waals surface area contributed by atoms with Crippen LogP contribution in [0.25, 0.3) is 10.9 Å². The molecule has 4 rings (SSSR count). The van der Waals surface area contributed by atoms with Gasteiger partial charge in [0.05, 0.1) is 29.6 Å². The number of nitrogens with zero attached hydrogens (tertiary/aromatic N) is 1. The Kier molecular flexibility index (Phi) is 6.50. The molecule has 0 spiro atoms. The summed E-state index contributed by atoms with van der Waals surface area (Å²) in [6, 6.07) is 17.1. The summed E-state index contributed by atoms with van der Waals surface area (Å²) in [7, 11) is 1.58. The number of amides is 1. The summed E-state index contributed by atoms with van der Waals surface area (Å²) in [4.78, 5) is 52.7. The minimum absolute atomic E-state index is 0.0513. The van der Waals surface area contributed by atoms with Crippen LogP contribution in [-0.2, 0) is 6.54 Å². The average Bonchev–Trinajstić information content (AvgIpc) is 2.87. The number of rotatable bonds is 7. The van der Waals surface area contributed by atoms with Crippen LogP contribution in [0.4, 0.5) is 0 Å². The zero-order valence-corrected chi connectivity index (χ0v) is 19.1. The summed E-state index contributed by atoms with van der Waals surface area (Å²) < 4.78 is 6.14. The number of nitrogens with one attached hydrogen (secondary N) is 2. The van der Waals surface area contributed by atoms with E-state index in [0.717, 1.165) is 10.1 Å². The molecule has 178 valence electrons. The number of carboxylic acids is 1. The average molecular weight is 473 g/mol. The molecule has 3 aromatic carbocycles. The molecule has 0 aliphatic heterocycles. The fourth-order valence-corrected chi connectivity index (χ4v) is 3.83. The Morgan fingerprint density at radius 3 is 2.46 bits per heavy atom. The summed E-state index contributed by atoms with van der Waals surface area (Å²) in [5.74, 6) is -0.769. The lowest BCUT2D eigenvalue weighted by atomic mass is 10.0. The highest BCUT2D eigenvalue weighted by molar-refractivity contribution is 5.97. The van der Waals surface area contributed by atoms with Crippen molar-refractivity contribution < 1.29 is 19.4 Å². The molecule has 0 aliphatic carbocycles. The molecule has 0 saturated heterocycles. The first kappa shape index (κ1) is 23.5. The second-order valence-corrected chi connectivity index (χ2v) is 8.00. The molecular formula is C26H23N3O6. The fraction of sp³-hybridized carbons (Fsp3) is 0.154. The molecule has 0 aliphatic rings. The number of H-pyrrole nitrogens is 1. The molecule has 3 N–H and O–H groups in total. The van der Waals surface area contributed by atoms with Gasteiger partial charge in [-0.3, -0.25) is 14.2 Å². The molecule has 9 nitrogen and oxygen atoms in total. The van der Waals surface area contributed by atoms with Crippen molar-refractivity contribution >= 4 is 22.8 Å². The van der Waals surface area contributed by atoms with E-state index in [2.05, 4.69) is 10.3 Å². The zero-order valence-electron chi connectivity index (χ0n) is 19.1. The predicted molar refractivity (Wildman–Crippen MR) is 130 cm³/mol. The van der Waals surface area contributed by atoms with Crippen molar-refractivity contribution in [1.82, 2.24) is 14.9 Å². The van der Waals surface area contributed by atoms with Crippen molar-refractivity contribution in [2.24, 2.45) is 0 Å². The maximum absolute atomic E-state index is 13.3. The number of carbonyl (C=O) groups excluding carboxylic acids is 1. The maximum atomic E-state index is 13.3. The number of methoxy groups -OCH3 is 1. The molecule has 1 heterocycles. The summed E-state index contributed by atoms with van der Waals surface area (Å²) >= 11 is 0. The normalized spacial score (nSPS) is 11.7. The second kappa shape index (κ2) is 9.68. The van der Waals surface area contributed by atoms with Gasteiger partial charge >= 0.3 is 11.7 Å². The van der Waals surface area contributed by atoms with E-state index in [1.165, 1.54) is 30.3 Å². The number of fused-ring (bicyclic) bond motifs is 1. The largest absolute Gasteiger partial charge is 0.497 e. The number of hydrogen-bond acceptors (Lipinski definition) is 5. The Balaban J connectivity index is 1.65. The van der Waals surface area contributed by atoms with Gasteiger partial charge in [0, 0.05) is 12.1 Å². The number of benzene rings is 3. The standard InChI is InChI=1S/C26H23N3O6/c1-15(17-4-3-5-19(12-17)25(32)33)29-24(31)21-13-18(8-11-22(21)28-26(29)34)23(30)27-14-16-6-9-20(35-2)10-7-16/h3-13,15H,14H2,1-2H3,(H,27,30)(H,28,34)(H,32,33). The third kappa shape index (κ3) is 4.84. The zero-order chi connectivity index (χ0) is 25.1. The van der Waals surface area contributed by atoms with Crippen LogP contribution in [0.5, 0.6) is 5.75 Å². The Labute approximate surface area is 199 Å². The number of hydrogen-bond donors (Lipinski definition) is 3. The van der Waals surface area contributed by atoms with Crippen LogP contribution in [0.1, 0.15) is 44.8 Å². The molecule has 1 unspecified atom stereocenters. The molecular weight excluding hydrogens is 450 g/mol. The van der Waals surface area contributed by atoms with E-state index < -0.39 is 23.3 Å². The van der Waals surface area contributed by atoms with Crippen molar-refractivity contribution in [3.8, 4) is 5.75 Å². The van der Waals surface area contributed by atoms with Gasteiger partial charge < -0.3 is 20.1 Å². The minimum atomic E-state index is -1.11. The highest BCUT2D eigenvalue weighted by Crippen LogP contribution is 2.18. The van der Waals surface area contributed by atoms with E-state index in [1.54, 1.807) is 38.3 Å². The molecule has 35 heavy (non-hydrogen) atoms. The van der Waals surface area contributed by atoms with Crippen molar-refractivity contribution in [1.29, 1.82) is 0 Å². The van der Waals surface area contributed by atoms with Gasteiger partial charge in [-0.2, -0.15) is 0 Å². The molecule has 1 amide bonds. The number of aromatic carboxylic acids is 1. The molecule has 1 aromatic heterocycles. The number of aromatic amines is 1. The monoisotopic (exact) mass is 473 g/mol. The molecule has 1 atom stereocenters. The summed E-state index contributed by atoms with van der Waals surface area (Å²) in [5.41, 5.74) is 0.774. The maximum Gasteiger partial charge on any atom is 0.335 e. The van der Waals surface area contributed by atoms with Gasteiger partial charge in [-0.05, 0) is 60.5 Å². The first-order valence-electron chi connectivity index (χ1n) is 10.8. The predicted octanol–water partition coefficient (Wildman–Crippen LogP) is 2.94. The molecule has 0 radical (unpaired) electrons. The van der Waals surface area contributed by atoms with Crippen LogP contribution in [0.2, 0.25) is 0 Å². The van der Waals surface area contributed by atoms with Gasteiger partial charge in [0.25, 0.3) is 11.5 Å². The highest BCUT2D eigenvalue weighted by Gasteiger charge is 2.18. The van der Waals surface area contributed by atoms with E-state index >= 15 is 0 Å². The molecule has 4 aromatic rings. The Morgan fingerprint density at radius 1 is 1.03 bits per heavy atom. The van der Waals surface area contributed by atoms with E-state index in [9.17, 15) is 24.3 Å². The summed E-state index contributed by atoms with van der Waals surface area (Å²) in [5, 5.41) is 12.2. The quantitative estimate of drug-likeness (QED) is 0.378. The molecule has 0 fully saturated rings. The van der Waals surface area contributed by atoms with Crippen molar-refractivity contribution in [3.63, 3.8) is 0 Å². The highest BCUT2D eigenvalue weighted by atomic mass is 16.5. The Morgan fingerprint density at radius 2 is 1.77 bits per heavy atom. The van der Waals surface area contributed by atoms with Crippen LogP contribution in [-0.4, -0.2) is 33.6 Å². The lowest BCUT2D eigenvalue weighted by molar-refractivity contribution is 0.0696. The Hall–Kier alpha value is -4.66. The van der Waals surface area contributed by atoms with Crippen LogP contribution in [0.3, 0.4) is 0 Å². The minimum Gasteiger partial charge on any atom is -0.497 e. The van der Waals surface area contributed by atoms with Crippen molar-refractivity contribution in [2.45, 2.75) is 19.5 Å². The van der Waals surface area contributed by atoms with Gasteiger partial charge in [-0.15, -0.1) is 0 Å². The second-order valence-electron chi connectivity index (χ2n) is 8.00. The first-order valence-corrected chi connectivity index (χ1v) is 10.8. The molecule has 0 bridgehead atoms. The van der Waals surface area contributed by atoms with Gasteiger partial charge in [-0.1, -0.05) is 24.3 Å². The lowest BCUT2D eigenvalue weighted by Crippen LogP contribution is -2.37. The third-order valence-corrected chi connectivity index (χ3v) is 5.81. The van der Waals surface area contributed by atoms with Gasteiger partial charge in [0.2, 0.25) is 0 Å². The van der Waals surface area contributed by atoms with E-state index in [-0.39, 0.29) is 29.0 Å². The van der Waals surface area contributed by atoms with Gasteiger partial charge in [0.15, 0.2) is 0 Å². The Bertz CT molecular complexity index is 1540. The van der Waals surface area contributed by atoms with E-state index in [4.69, 9.17) is 4.74 Å². The van der Waals surface area contributed by atoms with Crippen LogP contribution < -0.4 is 21.3 Å². The molecule has 9 heteroatoms. The van der Waals surface area contributed by atoms with Gasteiger partial charge in [0.1, 0.15) is 5.75 Å². The smallest absolute Gasteiger partial charge is 0.335 e. The van der Waals surface area contributed by atoms with E-state index in [1.807, 2.05) is 12.1 Å². The summed E-state index contributed by atoms with van der Waals surface area (Å²) in [6.07, 6.45) is 0. The van der Waals surface area contributed by atoms with E-state index in [0.29, 0.717) is 16.8 Å². The van der Waals surface area contributed by atoms with Crippen LogP contribution >= 0.6 is 0 Å². The van der Waals surface area contributed by atoms with Crippen LogP contribution in [0.15, 0.2) is 76.3 Å². The number of ether oxygens (including phenoxy) is 1. The number of aromatic nitrogens is 2. The van der Waals surface area contributed by atoms with Crippen molar-refractivity contribution in [2.75, 3.05) is 7.11 Å². The first-order chi connectivity index (χ1) is 16.8. The SMILES string of the molecule is COc1ccc(CNC(=O)c2ccc3[nH]c(=O)n(C(C)c4cccc(C(=O)O)c4)c(=O)c3c2)cc1. The van der Waals surface area contributed by atoms with Gasteiger partial charge in [-0.25, -0.2) is 9.59 Å². The lowest BCUT2D eigenvalue weighted by Gasteiger charge is -2.16. The fourth-order valence-electron chi connectivity index (χ4n) is 3.83.